The summed E-state index contributed by atoms with van der Waals surface area (Å²) in [5.74, 6) is 1.69. The zero-order valence-electron chi connectivity index (χ0n) is 22.7. The highest BCUT2D eigenvalue weighted by atomic mass is 32.1. The van der Waals surface area contributed by atoms with Gasteiger partial charge in [-0.3, -0.25) is 4.57 Å². The molecule has 1 aliphatic rings. The van der Waals surface area contributed by atoms with Gasteiger partial charge in [-0.25, -0.2) is 9.97 Å². The van der Waals surface area contributed by atoms with Crippen LogP contribution in [0.25, 0.3) is 70.4 Å². The lowest BCUT2D eigenvalue weighted by Gasteiger charge is -2.21. The zero-order valence-corrected chi connectivity index (χ0v) is 23.5. The van der Waals surface area contributed by atoms with E-state index < -0.39 is 0 Å². The highest BCUT2D eigenvalue weighted by Gasteiger charge is 2.37. The van der Waals surface area contributed by atoms with Crippen LogP contribution in [-0.2, 0) is 5.41 Å². The summed E-state index contributed by atoms with van der Waals surface area (Å²) in [6, 6.07) is 41.3. The van der Waals surface area contributed by atoms with E-state index in [1.807, 2.05) is 6.07 Å². The lowest BCUT2D eigenvalue weighted by molar-refractivity contribution is 0.661. The van der Waals surface area contributed by atoms with Gasteiger partial charge in [0.15, 0.2) is 11.6 Å². The van der Waals surface area contributed by atoms with E-state index in [1.54, 1.807) is 11.3 Å². The Labute approximate surface area is 241 Å². The minimum atomic E-state index is -0.0906. The molecule has 0 radical (unpaired) electrons. The molecule has 0 saturated carbocycles. The molecule has 0 atom stereocenters. The predicted molar refractivity (Wildman–Crippen MR) is 172 cm³/mol. The van der Waals surface area contributed by atoms with Gasteiger partial charge in [0, 0.05) is 37.4 Å². The third-order valence-electron chi connectivity index (χ3n) is 8.84. The van der Waals surface area contributed by atoms with Gasteiger partial charge >= 0.3 is 0 Å². The van der Waals surface area contributed by atoms with E-state index in [-0.39, 0.29) is 5.41 Å². The van der Waals surface area contributed by atoms with Crippen LogP contribution in [0.4, 0.5) is 0 Å². The first-order chi connectivity index (χ1) is 20.1. The molecule has 0 aliphatic heterocycles. The summed E-state index contributed by atoms with van der Waals surface area (Å²) in [5.41, 5.74) is 8.66. The Bertz CT molecular complexity index is 2340. The van der Waals surface area contributed by atoms with Crippen molar-refractivity contribution in [2.75, 3.05) is 0 Å². The molecule has 0 saturated heterocycles. The van der Waals surface area contributed by atoms with Crippen molar-refractivity contribution in [1.82, 2.24) is 14.5 Å². The SMILES string of the molecule is CC1(C)c2ccccc2-c2c1ccc1c3ccccc3n(-c3nc(-c4ccccc4)nc4sc5ccccc5c34)c21. The molecule has 0 bridgehead atoms. The van der Waals surface area contributed by atoms with Crippen LogP contribution in [0.2, 0.25) is 0 Å². The van der Waals surface area contributed by atoms with E-state index in [9.17, 15) is 0 Å². The molecule has 3 aromatic heterocycles. The second kappa shape index (κ2) is 8.12. The van der Waals surface area contributed by atoms with Gasteiger partial charge in [-0.15, -0.1) is 11.3 Å². The van der Waals surface area contributed by atoms with Crippen LogP contribution in [0.15, 0.2) is 115 Å². The molecule has 4 heteroatoms. The smallest absolute Gasteiger partial charge is 0.163 e. The number of nitrogens with zero attached hydrogens (tertiary/aromatic N) is 3. The van der Waals surface area contributed by atoms with Crippen LogP contribution in [0.3, 0.4) is 0 Å². The van der Waals surface area contributed by atoms with Crippen molar-refractivity contribution in [3.05, 3.63) is 126 Å². The molecule has 1 aliphatic carbocycles. The maximum Gasteiger partial charge on any atom is 0.163 e. The van der Waals surface area contributed by atoms with Gasteiger partial charge in [-0.05, 0) is 28.8 Å². The van der Waals surface area contributed by atoms with Crippen LogP contribution in [-0.4, -0.2) is 14.5 Å². The summed E-state index contributed by atoms with van der Waals surface area (Å²) in [7, 11) is 0. The van der Waals surface area contributed by atoms with Crippen molar-refractivity contribution in [1.29, 1.82) is 0 Å². The minimum Gasteiger partial charge on any atom is -0.292 e. The van der Waals surface area contributed by atoms with Crippen LogP contribution in [0.1, 0.15) is 25.0 Å². The van der Waals surface area contributed by atoms with Crippen molar-refractivity contribution in [3.63, 3.8) is 0 Å². The first-order valence-electron chi connectivity index (χ1n) is 14.0. The first-order valence-corrected chi connectivity index (χ1v) is 14.8. The summed E-state index contributed by atoms with van der Waals surface area (Å²) in [5, 5.41) is 4.79. The normalized spacial score (nSPS) is 13.8. The quantitative estimate of drug-likeness (QED) is 0.217. The number of thiophene rings is 1. The monoisotopic (exact) mass is 543 g/mol. The van der Waals surface area contributed by atoms with E-state index in [1.165, 1.54) is 48.6 Å². The summed E-state index contributed by atoms with van der Waals surface area (Å²) in [6.07, 6.45) is 0. The third kappa shape index (κ3) is 3.03. The maximum absolute atomic E-state index is 5.41. The highest BCUT2D eigenvalue weighted by Crippen LogP contribution is 2.53. The molecule has 41 heavy (non-hydrogen) atoms. The second-order valence-electron chi connectivity index (χ2n) is 11.4. The van der Waals surface area contributed by atoms with E-state index in [0.29, 0.717) is 0 Å². The number of aromatic nitrogens is 3. The van der Waals surface area contributed by atoms with Gasteiger partial charge < -0.3 is 0 Å². The van der Waals surface area contributed by atoms with E-state index >= 15 is 0 Å². The zero-order chi connectivity index (χ0) is 27.3. The van der Waals surface area contributed by atoms with E-state index in [0.717, 1.165) is 32.9 Å². The average Bonchev–Trinajstić information content (AvgIpc) is 3.63. The summed E-state index contributed by atoms with van der Waals surface area (Å²) >= 11 is 1.74. The fourth-order valence-corrected chi connectivity index (χ4v) is 8.02. The number of para-hydroxylation sites is 1. The number of hydrogen-bond donors (Lipinski definition) is 0. The first kappa shape index (κ1) is 23.0. The average molecular weight is 544 g/mol. The van der Waals surface area contributed by atoms with Crippen molar-refractivity contribution in [3.8, 4) is 28.3 Å². The van der Waals surface area contributed by atoms with Gasteiger partial charge in [0.1, 0.15) is 4.83 Å². The molecule has 8 aromatic rings. The Morgan fingerprint density at radius 1 is 0.634 bits per heavy atom. The molecule has 0 N–H and O–H groups in total. The number of benzene rings is 5. The largest absolute Gasteiger partial charge is 0.292 e. The molecule has 194 valence electrons. The predicted octanol–water partition coefficient (Wildman–Crippen LogP) is 9.91. The molecule has 0 amide bonds. The third-order valence-corrected chi connectivity index (χ3v) is 9.91. The van der Waals surface area contributed by atoms with Crippen molar-refractivity contribution in [2.45, 2.75) is 19.3 Å². The Morgan fingerprint density at radius 3 is 2.24 bits per heavy atom. The van der Waals surface area contributed by atoms with Gasteiger partial charge in [-0.2, -0.15) is 0 Å². The van der Waals surface area contributed by atoms with Crippen molar-refractivity contribution in [2.24, 2.45) is 0 Å². The Kier molecular flexibility index (Phi) is 4.55. The van der Waals surface area contributed by atoms with Gasteiger partial charge in [0.25, 0.3) is 0 Å². The van der Waals surface area contributed by atoms with Gasteiger partial charge in [0.05, 0.1) is 16.4 Å². The number of hydrogen-bond acceptors (Lipinski definition) is 3. The molecule has 0 spiro atoms. The summed E-state index contributed by atoms with van der Waals surface area (Å²) < 4.78 is 3.65. The number of rotatable bonds is 2. The van der Waals surface area contributed by atoms with Crippen LogP contribution in [0, 0.1) is 0 Å². The molecule has 0 fully saturated rings. The standard InChI is InChI=1S/C37H25N3S/c1-37(2)27-17-9-6-15-25(27)31-28(37)21-20-24-23-14-7-10-18-29(23)40(33(24)31)35-32-26-16-8-11-19-30(26)41-36(32)39-34(38-35)22-12-4-3-5-13-22/h3-21H,1-2H3. The molecule has 0 unspecified atom stereocenters. The Hall–Kier alpha value is -4.80. The fraction of sp³-hybridized carbons (Fsp3) is 0.0811. The van der Waals surface area contributed by atoms with Crippen LogP contribution >= 0.6 is 11.3 Å². The van der Waals surface area contributed by atoms with Crippen LogP contribution < -0.4 is 0 Å². The molecular weight excluding hydrogens is 518 g/mol. The fourth-order valence-electron chi connectivity index (χ4n) is 6.95. The Balaban J connectivity index is 1.52. The van der Waals surface area contributed by atoms with E-state index in [4.69, 9.17) is 9.97 Å². The summed E-state index contributed by atoms with van der Waals surface area (Å²) in [4.78, 5) is 11.6. The number of fused-ring (bicyclic) bond motifs is 10. The topological polar surface area (TPSA) is 30.7 Å². The highest BCUT2D eigenvalue weighted by molar-refractivity contribution is 7.25. The van der Waals surface area contributed by atoms with Crippen molar-refractivity contribution < 1.29 is 0 Å². The van der Waals surface area contributed by atoms with Gasteiger partial charge in [0.2, 0.25) is 0 Å². The molecule has 9 rings (SSSR count). The minimum absolute atomic E-state index is 0.0906. The van der Waals surface area contributed by atoms with Gasteiger partial charge in [-0.1, -0.05) is 117 Å². The molecule has 3 nitrogen and oxygen atoms in total. The molecule has 3 heterocycles. The lowest BCUT2D eigenvalue weighted by atomic mass is 9.82. The van der Waals surface area contributed by atoms with Crippen LogP contribution in [0.5, 0.6) is 0 Å². The van der Waals surface area contributed by atoms with Crippen molar-refractivity contribution >= 4 is 53.4 Å². The second-order valence-corrected chi connectivity index (χ2v) is 12.5. The molecule has 5 aromatic carbocycles. The molecular formula is C37H25N3S. The summed E-state index contributed by atoms with van der Waals surface area (Å²) in [6.45, 7) is 4.69. The maximum atomic E-state index is 5.41. The van der Waals surface area contributed by atoms with E-state index in [2.05, 4.69) is 128 Å². The Morgan fingerprint density at radius 2 is 1.37 bits per heavy atom. The lowest BCUT2D eigenvalue weighted by Crippen LogP contribution is -2.14.